The minimum atomic E-state index is 0.535. The van der Waals surface area contributed by atoms with E-state index in [4.69, 9.17) is 10.7 Å². The monoisotopic (exact) mass is 307 g/mol. The summed E-state index contributed by atoms with van der Waals surface area (Å²) in [4.78, 5) is 4.75. The van der Waals surface area contributed by atoms with Crippen molar-refractivity contribution in [2.45, 2.75) is 38.5 Å². The number of nitrogens with two attached hydrogens (primary N) is 1. The standard InChI is InChI=1S/C14H18BrN3/c1-9-4-6-10(7-5-9)12-13(16)18-8-2-3-11(15)14(18)17-12/h2-3,8-10H,4-7,16H2,1H3. The smallest absolute Gasteiger partial charge is 0.153 e. The Morgan fingerprint density at radius 2 is 2.06 bits per heavy atom. The van der Waals surface area contributed by atoms with E-state index >= 15 is 0 Å². The highest BCUT2D eigenvalue weighted by molar-refractivity contribution is 9.10. The highest BCUT2D eigenvalue weighted by atomic mass is 79.9. The molecule has 1 saturated carbocycles. The van der Waals surface area contributed by atoms with Gasteiger partial charge in [-0.3, -0.25) is 4.40 Å². The maximum atomic E-state index is 6.25. The third-order valence-electron chi connectivity index (χ3n) is 4.07. The first-order valence-electron chi connectivity index (χ1n) is 6.58. The number of nitrogens with zero attached hydrogens (tertiary/aromatic N) is 2. The minimum absolute atomic E-state index is 0.535. The average molecular weight is 308 g/mol. The summed E-state index contributed by atoms with van der Waals surface area (Å²) in [5, 5.41) is 0. The zero-order valence-electron chi connectivity index (χ0n) is 10.6. The van der Waals surface area contributed by atoms with Crippen molar-refractivity contribution in [3.05, 3.63) is 28.5 Å². The van der Waals surface area contributed by atoms with Gasteiger partial charge in [0.05, 0.1) is 10.2 Å². The SMILES string of the molecule is CC1CCC(c2nc3c(Br)cccn3c2N)CC1. The number of imidazole rings is 1. The highest BCUT2D eigenvalue weighted by Gasteiger charge is 2.24. The van der Waals surface area contributed by atoms with Gasteiger partial charge < -0.3 is 5.73 Å². The van der Waals surface area contributed by atoms with Gasteiger partial charge in [0.1, 0.15) is 5.82 Å². The molecule has 0 bridgehead atoms. The van der Waals surface area contributed by atoms with Crippen LogP contribution in [0.5, 0.6) is 0 Å². The summed E-state index contributed by atoms with van der Waals surface area (Å²) >= 11 is 3.54. The predicted molar refractivity (Wildman–Crippen MR) is 77.7 cm³/mol. The fraction of sp³-hybridized carbons (Fsp3) is 0.500. The van der Waals surface area contributed by atoms with Crippen molar-refractivity contribution in [1.82, 2.24) is 9.38 Å². The molecule has 2 aromatic rings. The molecule has 0 spiro atoms. The lowest BCUT2D eigenvalue weighted by molar-refractivity contribution is 0.345. The fourth-order valence-corrected chi connectivity index (χ4v) is 3.34. The van der Waals surface area contributed by atoms with Gasteiger partial charge in [-0.25, -0.2) is 4.98 Å². The van der Waals surface area contributed by atoms with Crippen LogP contribution in [0.2, 0.25) is 0 Å². The van der Waals surface area contributed by atoms with Crippen LogP contribution in [-0.2, 0) is 0 Å². The summed E-state index contributed by atoms with van der Waals surface area (Å²) in [6.45, 7) is 2.33. The molecule has 0 aliphatic heterocycles. The molecule has 0 amide bonds. The lowest BCUT2D eigenvalue weighted by Crippen LogP contribution is -2.12. The van der Waals surface area contributed by atoms with Gasteiger partial charge >= 0.3 is 0 Å². The van der Waals surface area contributed by atoms with Gasteiger partial charge in [0, 0.05) is 12.1 Å². The van der Waals surface area contributed by atoms with E-state index in [1.54, 1.807) is 0 Å². The van der Waals surface area contributed by atoms with Crippen molar-refractivity contribution >= 4 is 27.4 Å². The van der Waals surface area contributed by atoms with Crippen molar-refractivity contribution in [2.75, 3.05) is 5.73 Å². The topological polar surface area (TPSA) is 43.3 Å². The molecule has 2 heterocycles. The Hall–Kier alpha value is -1.03. The van der Waals surface area contributed by atoms with Gasteiger partial charge in [-0.1, -0.05) is 19.8 Å². The molecule has 3 nitrogen and oxygen atoms in total. The number of hydrogen-bond acceptors (Lipinski definition) is 2. The first-order valence-corrected chi connectivity index (χ1v) is 7.38. The Balaban J connectivity index is 2.02. The van der Waals surface area contributed by atoms with E-state index < -0.39 is 0 Å². The molecule has 3 rings (SSSR count). The maximum Gasteiger partial charge on any atom is 0.153 e. The van der Waals surface area contributed by atoms with Gasteiger partial charge in [-0.15, -0.1) is 0 Å². The summed E-state index contributed by atoms with van der Waals surface area (Å²) in [5.74, 6) is 2.20. The van der Waals surface area contributed by atoms with E-state index in [1.165, 1.54) is 25.7 Å². The lowest BCUT2D eigenvalue weighted by atomic mass is 9.81. The first-order chi connectivity index (χ1) is 8.66. The van der Waals surface area contributed by atoms with E-state index in [2.05, 4.69) is 22.9 Å². The van der Waals surface area contributed by atoms with Gasteiger partial charge in [-0.05, 0) is 46.8 Å². The van der Waals surface area contributed by atoms with Crippen molar-refractivity contribution in [3.8, 4) is 0 Å². The largest absolute Gasteiger partial charge is 0.383 e. The number of pyridine rings is 1. The second-order valence-corrected chi connectivity index (χ2v) is 6.24. The van der Waals surface area contributed by atoms with Gasteiger partial charge in [0.2, 0.25) is 0 Å². The van der Waals surface area contributed by atoms with E-state index in [-0.39, 0.29) is 0 Å². The Morgan fingerprint density at radius 3 is 2.72 bits per heavy atom. The van der Waals surface area contributed by atoms with Gasteiger partial charge in [-0.2, -0.15) is 0 Å². The van der Waals surface area contributed by atoms with Crippen LogP contribution in [0, 0.1) is 5.92 Å². The molecule has 18 heavy (non-hydrogen) atoms. The number of nitrogen functional groups attached to an aromatic ring is 1. The summed E-state index contributed by atoms with van der Waals surface area (Å²) in [6, 6.07) is 4.00. The summed E-state index contributed by atoms with van der Waals surface area (Å²) in [6.07, 6.45) is 7.00. The van der Waals surface area contributed by atoms with E-state index in [9.17, 15) is 0 Å². The second-order valence-electron chi connectivity index (χ2n) is 5.39. The number of anilines is 1. The first kappa shape index (κ1) is 12.0. The molecule has 2 aromatic heterocycles. The Labute approximate surface area is 116 Å². The van der Waals surface area contributed by atoms with Crippen molar-refractivity contribution in [1.29, 1.82) is 0 Å². The van der Waals surface area contributed by atoms with Gasteiger partial charge in [0.15, 0.2) is 5.65 Å². The summed E-state index contributed by atoms with van der Waals surface area (Å²) < 4.78 is 2.99. The Kier molecular flexibility index (Phi) is 3.06. The minimum Gasteiger partial charge on any atom is -0.383 e. The zero-order chi connectivity index (χ0) is 12.7. The molecule has 2 N–H and O–H groups in total. The Bertz CT molecular complexity index is 568. The average Bonchev–Trinajstić information content (AvgIpc) is 2.70. The number of aromatic nitrogens is 2. The van der Waals surface area contributed by atoms with Crippen LogP contribution in [0.1, 0.15) is 44.2 Å². The van der Waals surface area contributed by atoms with Crippen molar-refractivity contribution in [3.63, 3.8) is 0 Å². The molecule has 0 atom stereocenters. The van der Waals surface area contributed by atoms with E-state index in [0.29, 0.717) is 5.92 Å². The molecule has 4 heteroatoms. The molecule has 1 fully saturated rings. The molecular weight excluding hydrogens is 290 g/mol. The van der Waals surface area contributed by atoms with Crippen LogP contribution >= 0.6 is 15.9 Å². The molecule has 0 aromatic carbocycles. The quantitative estimate of drug-likeness (QED) is 0.866. The van der Waals surface area contributed by atoms with Crippen LogP contribution < -0.4 is 5.73 Å². The van der Waals surface area contributed by atoms with Crippen LogP contribution in [0.15, 0.2) is 22.8 Å². The third kappa shape index (κ3) is 1.92. The van der Waals surface area contributed by atoms with E-state index in [0.717, 1.165) is 27.5 Å². The molecular formula is C14H18BrN3. The van der Waals surface area contributed by atoms with Crippen molar-refractivity contribution in [2.24, 2.45) is 5.92 Å². The normalized spacial score (nSPS) is 24.6. The fourth-order valence-electron chi connectivity index (χ4n) is 2.90. The number of fused-ring (bicyclic) bond motifs is 1. The molecule has 1 aliphatic carbocycles. The van der Waals surface area contributed by atoms with E-state index in [1.807, 2.05) is 22.7 Å². The third-order valence-corrected chi connectivity index (χ3v) is 4.69. The molecule has 0 radical (unpaired) electrons. The van der Waals surface area contributed by atoms with Crippen LogP contribution in [0.4, 0.5) is 5.82 Å². The number of halogens is 1. The van der Waals surface area contributed by atoms with Crippen LogP contribution in [0.25, 0.3) is 5.65 Å². The van der Waals surface area contributed by atoms with Gasteiger partial charge in [0.25, 0.3) is 0 Å². The molecule has 1 aliphatic rings. The maximum absolute atomic E-state index is 6.25. The predicted octanol–water partition coefficient (Wildman–Crippen LogP) is 3.97. The van der Waals surface area contributed by atoms with Crippen LogP contribution in [0.3, 0.4) is 0 Å². The number of rotatable bonds is 1. The Morgan fingerprint density at radius 1 is 1.33 bits per heavy atom. The lowest BCUT2D eigenvalue weighted by Gasteiger charge is -2.25. The van der Waals surface area contributed by atoms with Crippen LogP contribution in [-0.4, -0.2) is 9.38 Å². The molecule has 0 saturated heterocycles. The molecule has 0 unspecified atom stereocenters. The second kappa shape index (κ2) is 4.57. The summed E-state index contributed by atoms with van der Waals surface area (Å²) in [7, 11) is 0. The number of hydrogen-bond donors (Lipinski definition) is 1. The summed E-state index contributed by atoms with van der Waals surface area (Å²) in [5.41, 5.74) is 8.28. The molecule has 96 valence electrons. The highest BCUT2D eigenvalue weighted by Crippen LogP contribution is 2.38. The zero-order valence-corrected chi connectivity index (χ0v) is 12.2. The van der Waals surface area contributed by atoms with Crippen molar-refractivity contribution < 1.29 is 0 Å².